The van der Waals surface area contributed by atoms with Crippen molar-refractivity contribution in [1.82, 2.24) is 20.9 Å². The van der Waals surface area contributed by atoms with Gasteiger partial charge in [0.05, 0.1) is 6.54 Å². The average molecular weight is 715 g/mol. The van der Waals surface area contributed by atoms with Crippen LogP contribution in [-0.2, 0) is 50.2 Å². The van der Waals surface area contributed by atoms with Crippen LogP contribution in [0.3, 0.4) is 0 Å². The van der Waals surface area contributed by atoms with E-state index in [2.05, 4.69) is 21.3 Å². The second-order valence-electron chi connectivity index (χ2n) is 10.2. The van der Waals surface area contributed by atoms with Crippen LogP contribution in [0, 0.1) is 5.92 Å². The number of primary amides is 1. The van der Waals surface area contributed by atoms with Gasteiger partial charge in [0.1, 0.15) is 12.6 Å². The van der Waals surface area contributed by atoms with Crippen molar-refractivity contribution in [3.63, 3.8) is 0 Å². The highest BCUT2D eigenvalue weighted by Gasteiger charge is 2.35. The van der Waals surface area contributed by atoms with Crippen molar-refractivity contribution in [3.05, 3.63) is 42.0 Å². The first-order chi connectivity index (χ1) is 23.0. The molecule has 0 aliphatic rings. The standard InChI is InChI=1S/C25H34N4O10S.C4H10N2O.C2H6/c1-5-6-22(33)29(15-30)12-11-20(40(36,37)38)24(34)28-23(16(2)3)25(35)26-13-21(32)27-19-9-7-18(8-10-19)14-39-17(4)31;1-2-3-6-4(5)7;1-2/h5-10,15-16,20,23H,11-14H2,1-4H3,(H,26,35)(H,27,32)(H,28,34)(H,36,37,38);2-3H2,1H3,(H3,5,6,7);1-2H3/b6-5-;;. The molecular weight excluding hydrogens is 664 g/mol. The molecule has 0 aliphatic carbocycles. The molecule has 0 spiro atoms. The number of allylic oxidation sites excluding steroid dienone is 1. The molecule has 2 atom stereocenters. The quantitative estimate of drug-likeness (QED) is 0.0579. The van der Waals surface area contributed by atoms with Gasteiger partial charge in [0.15, 0.2) is 5.25 Å². The summed E-state index contributed by atoms with van der Waals surface area (Å²) >= 11 is 0. The maximum atomic E-state index is 12.8. The first kappa shape index (κ1) is 46.3. The summed E-state index contributed by atoms with van der Waals surface area (Å²) in [6, 6.07) is 4.69. The van der Waals surface area contributed by atoms with E-state index in [9.17, 15) is 46.5 Å². The molecule has 2 unspecified atom stereocenters. The van der Waals surface area contributed by atoms with Crippen molar-refractivity contribution < 1.29 is 51.3 Å². The SMILES string of the molecule is C/C=C\C(=O)N(C=O)CCC(C(=O)NC(C(=O)NCC(=O)Nc1ccc(COC(C)=O)cc1)C(C)C)S(=O)(=O)O.CC.CCCNC(N)=O. The molecule has 0 radical (unpaired) electrons. The van der Waals surface area contributed by atoms with Gasteiger partial charge in [-0.25, -0.2) is 4.79 Å². The number of rotatable bonds is 17. The fourth-order valence-corrected chi connectivity index (χ4v) is 4.25. The van der Waals surface area contributed by atoms with E-state index in [0.717, 1.165) is 12.5 Å². The molecule has 1 aromatic rings. The number of benzene rings is 1. The van der Waals surface area contributed by atoms with Gasteiger partial charge in [-0.15, -0.1) is 0 Å². The highest BCUT2D eigenvalue weighted by atomic mass is 32.2. The van der Waals surface area contributed by atoms with Crippen LogP contribution in [0.1, 0.15) is 66.9 Å². The minimum Gasteiger partial charge on any atom is -0.461 e. The van der Waals surface area contributed by atoms with E-state index in [1.54, 1.807) is 38.1 Å². The zero-order valence-corrected chi connectivity index (χ0v) is 29.8. The normalized spacial score (nSPS) is 11.7. The molecule has 17 nitrogen and oxygen atoms in total. The number of ether oxygens (including phenoxy) is 1. The van der Waals surface area contributed by atoms with Crippen molar-refractivity contribution >= 4 is 57.8 Å². The van der Waals surface area contributed by atoms with Crippen LogP contribution in [0.15, 0.2) is 36.4 Å². The number of nitrogens with zero attached hydrogens (tertiary/aromatic N) is 1. The van der Waals surface area contributed by atoms with Gasteiger partial charge in [-0.05, 0) is 49.5 Å². The smallest absolute Gasteiger partial charge is 0.312 e. The van der Waals surface area contributed by atoms with Gasteiger partial charge in [-0.1, -0.05) is 52.8 Å². The Balaban J connectivity index is 0. The third-order valence-electron chi connectivity index (χ3n) is 5.90. The van der Waals surface area contributed by atoms with Crippen LogP contribution in [-0.4, -0.2) is 90.8 Å². The molecule has 1 aromatic carbocycles. The summed E-state index contributed by atoms with van der Waals surface area (Å²) < 4.78 is 38.2. The zero-order chi connectivity index (χ0) is 38.2. The molecule has 7 N–H and O–H groups in total. The number of anilines is 1. The number of amides is 7. The topological polar surface area (TPSA) is 260 Å². The second-order valence-corrected chi connectivity index (χ2v) is 11.8. The third kappa shape index (κ3) is 20.9. The predicted octanol–water partition coefficient (Wildman–Crippen LogP) is 1.24. The minimum absolute atomic E-state index is 0.0734. The summed E-state index contributed by atoms with van der Waals surface area (Å²) in [6.07, 6.45) is 2.90. The maximum Gasteiger partial charge on any atom is 0.312 e. The zero-order valence-electron chi connectivity index (χ0n) is 29.0. The van der Waals surface area contributed by atoms with Crippen LogP contribution >= 0.6 is 0 Å². The first-order valence-corrected chi connectivity index (χ1v) is 16.9. The molecule has 1 rings (SSSR count). The molecular formula is C31H50N6O11S. The molecule has 49 heavy (non-hydrogen) atoms. The maximum absolute atomic E-state index is 12.8. The summed E-state index contributed by atoms with van der Waals surface area (Å²) in [5.41, 5.74) is 5.84. The Hall–Kier alpha value is -4.84. The Morgan fingerprint density at radius 2 is 1.61 bits per heavy atom. The summed E-state index contributed by atoms with van der Waals surface area (Å²) in [7, 11) is -4.98. The first-order valence-electron chi connectivity index (χ1n) is 15.4. The van der Waals surface area contributed by atoms with E-state index in [4.69, 9.17) is 10.5 Å². The van der Waals surface area contributed by atoms with E-state index in [1.165, 1.54) is 19.9 Å². The number of esters is 1. The average Bonchev–Trinajstić information content (AvgIpc) is 3.03. The lowest BCUT2D eigenvalue weighted by atomic mass is 10.0. The van der Waals surface area contributed by atoms with E-state index in [1.807, 2.05) is 20.8 Å². The Labute approximate surface area is 287 Å². The number of carbonyl (C=O) groups excluding carboxylic acids is 7. The Kier molecular flexibility index (Phi) is 23.8. The Bertz CT molecular complexity index is 1370. The van der Waals surface area contributed by atoms with Crippen LogP contribution < -0.4 is 27.0 Å². The molecule has 0 bridgehead atoms. The van der Waals surface area contributed by atoms with Crippen molar-refractivity contribution in [2.45, 2.75) is 79.2 Å². The predicted molar refractivity (Wildman–Crippen MR) is 182 cm³/mol. The number of imide groups is 1. The molecule has 0 fully saturated rings. The minimum atomic E-state index is -4.98. The monoisotopic (exact) mass is 714 g/mol. The fraction of sp³-hybridized carbons (Fsp3) is 0.516. The molecule has 276 valence electrons. The van der Waals surface area contributed by atoms with Gasteiger partial charge in [-0.3, -0.25) is 38.2 Å². The highest BCUT2D eigenvalue weighted by Crippen LogP contribution is 2.12. The van der Waals surface area contributed by atoms with Crippen LogP contribution in [0.5, 0.6) is 0 Å². The lowest BCUT2D eigenvalue weighted by molar-refractivity contribution is -0.142. The van der Waals surface area contributed by atoms with Gasteiger partial charge in [-0.2, -0.15) is 8.42 Å². The molecule has 0 saturated heterocycles. The van der Waals surface area contributed by atoms with Crippen LogP contribution in [0.25, 0.3) is 0 Å². The Morgan fingerprint density at radius 1 is 1.02 bits per heavy atom. The second kappa shape index (κ2) is 25.2. The van der Waals surface area contributed by atoms with Crippen LogP contribution in [0.2, 0.25) is 0 Å². The molecule has 7 amide bonds. The van der Waals surface area contributed by atoms with Gasteiger partial charge >= 0.3 is 12.0 Å². The lowest BCUT2D eigenvalue weighted by Crippen LogP contribution is -2.54. The van der Waals surface area contributed by atoms with E-state index in [-0.39, 0.29) is 13.0 Å². The molecule has 18 heteroatoms. The van der Waals surface area contributed by atoms with Gasteiger partial charge in [0, 0.05) is 25.7 Å². The van der Waals surface area contributed by atoms with Gasteiger partial charge < -0.3 is 31.7 Å². The number of nitrogens with one attached hydrogen (secondary N) is 4. The number of hydrogen-bond acceptors (Lipinski definition) is 10. The fourth-order valence-electron chi connectivity index (χ4n) is 3.51. The van der Waals surface area contributed by atoms with E-state index in [0.29, 0.717) is 22.7 Å². The van der Waals surface area contributed by atoms with Crippen molar-refractivity contribution in [2.24, 2.45) is 11.7 Å². The largest absolute Gasteiger partial charge is 0.461 e. The van der Waals surface area contributed by atoms with Crippen molar-refractivity contribution in [3.8, 4) is 0 Å². The number of carbonyl (C=O) groups is 7. The number of nitrogens with two attached hydrogens (primary N) is 1. The van der Waals surface area contributed by atoms with Crippen LogP contribution in [0.4, 0.5) is 10.5 Å². The third-order valence-corrected chi connectivity index (χ3v) is 7.07. The summed E-state index contributed by atoms with van der Waals surface area (Å²) in [4.78, 5) is 82.2. The summed E-state index contributed by atoms with van der Waals surface area (Å²) in [6.45, 7) is 11.7. The van der Waals surface area contributed by atoms with Crippen molar-refractivity contribution in [2.75, 3.05) is 25.0 Å². The molecule has 0 aliphatic heterocycles. The molecule has 0 saturated carbocycles. The summed E-state index contributed by atoms with van der Waals surface area (Å²) in [5, 5.41) is 7.53. The van der Waals surface area contributed by atoms with E-state index >= 15 is 0 Å². The van der Waals surface area contributed by atoms with Crippen molar-refractivity contribution in [1.29, 1.82) is 0 Å². The van der Waals surface area contributed by atoms with E-state index < -0.39 is 82.5 Å². The number of urea groups is 1. The Morgan fingerprint density at radius 3 is 2.04 bits per heavy atom. The van der Waals surface area contributed by atoms with Gasteiger partial charge in [0.25, 0.3) is 16.0 Å². The number of hydrogen-bond donors (Lipinski definition) is 6. The highest BCUT2D eigenvalue weighted by molar-refractivity contribution is 7.87. The molecule has 0 heterocycles. The molecule has 0 aromatic heterocycles. The van der Waals surface area contributed by atoms with Gasteiger partial charge in [0.2, 0.25) is 24.1 Å². The summed E-state index contributed by atoms with van der Waals surface area (Å²) in [5.74, 6) is -4.34. The lowest BCUT2D eigenvalue weighted by Gasteiger charge is -2.24.